The van der Waals surface area contributed by atoms with E-state index in [2.05, 4.69) is 30.5 Å². The zero-order valence-electron chi connectivity index (χ0n) is 16.4. The lowest BCUT2D eigenvalue weighted by atomic mass is 9.76. The lowest BCUT2D eigenvalue weighted by Crippen LogP contribution is -2.30. The van der Waals surface area contributed by atoms with Crippen LogP contribution in [0.1, 0.15) is 80.1 Å². The third kappa shape index (κ3) is 4.98. The van der Waals surface area contributed by atoms with Gasteiger partial charge in [-0.1, -0.05) is 75.1 Å². The van der Waals surface area contributed by atoms with Crippen LogP contribution in [-0.4, -0.2) is 5.91 Å². The molecule has 0 aromatic heterocycles. The number of nitrogens with one attached hydrogen (secondary N) is 1. The van der Waals surface area contributed by atoms with Crippen molar-refractivity contribution < 1.29 is 4.79 Å². The van der Waals surface area contributed by atoms with E-state index in [4.69, 9.17) is 5.84 Å². The Kier molecular flexibility index (Phi) is 7.05. The second-order valence-electron chi connectivity index (χ2n) is 7.86. The van der Waals surface area contributed by atoms with Gasteiger partial charge in [-0.15, -0.1) is 0 Å². The van der Waals surface area contributed by atoms with Crippen LogP contribution in [0.15, 0.2) is 48.5 Å². The number of nitrogens with two attached hydrogens (primary N) is 1. The molecule has 0 unspecified atom stereocenters. The molecule has 0 saturated heterocycles. The summed E-state index contributed by atoms with van der Waals surface area (Å²) in [5, 5.41) is 0. The van der Waals surface area contributed by atoms with Crippen LogP contribution in [0.2, 0.25) is 0 Å². The van der Waals surface area contributed by atoms with Crippen LogP contribution < -0.4 is 11.3 Å². The molecule has 3 N–H and O–H groups in total. The molecular weight excluding hydrogens is 332 g/mol. The van der Waals surface area contributed by atoms with Crippen molar-refractivity contribution in [2.45, 2.75) is 64.2 Å². The largest absolute Gasteiger partial charge is 0.290 e. The summed E-state index contributed by atoms with van der Waals surface area (Å²) in [4.78, 5) is 12.4. The second kappa shape index (κ2) is 9.70. The molecule has 1 fully saturated rings. The Bertz CT molecular complexity index is 733. The van der Waals surface area contributed by atoms with Crippen LogP contribution in [-0.2, 0) is 0 Å². The molecule has 1 saturated carbocycles. The van der Waals surface area contributed by atoms with Gasteiger partial charge in [0, 0.05) is 5.56 Å². The third-order valence-corrected chi connectivity index (χ3v) is 6.04. The predicted octanol–water partition coefficient (Wildman–Crippen LogP) is 5.81. The van der Waals surface area contributed by atoms with Gasteiger partial charge in [-0.3, -0.25) is 10.2 Å². The summed E-state index contributed by atoms with van der Waals surface area (Å²) in [5.74, 6) is 6.69. The molecular formula is C24H32N2O. The molecule has 0 radical (unpaired) electrons. The Labute approximate surface area is 163 Å². The highest BCUT2D eigenvalue weighted by atomic mass is 16.2. The van der Waals surface area contributed by atoms with E-state index in [1.54, 1.807) is 0 Å². The molecule has 3 heteroatoms. The first-order valence-corrected chi connectivity index (χ1v) is 10.4. The monoisotopic (exact) mass is 364 g/mol. The standard InChI is InChI=1S/C24H32N2O/c1-2-3-5-8-18-11-13-19(14-12-18)21-15-16-22(20-9-6-4-7-10-20)23(17-21)24(27)26-25/h4,6-7,9-10,15-19H,2-3,5,8,11-14,25H2,1H3,(H,26,27). The highest BCUT2D eigenvalue weighted by Crippen LogP contribution is 2.39. The van der Waals surface area contributed by atoms with Gasteiger partial charge in [0.05, 0.1) is 0 Å². The van der Waals surface area contributed by atoms with Crippen LogP contribution in [0.25, 0.3) is 11.1 Å². The maximum absolute atomic E-state index is 12.4. The summed E-state index contributed by atoms with van der Waals surface area (Å²) in [6.45, 7) is 2.27. The highest BCUT2D eigenvalue weighted by molar-refractivity contribution is 6.00. The van der Waals surface area contributed by atoms with E-state index in [1.165, 1.54) is 56.9 Å². The van der Waals surface area contributed by atoms with Gasteiger partial charge in [0.15, 0.2) is 0 Å². The lowest BCUT2D eigenvalue weighted by Gasteiger charge is -2.29. The Balaban J connectivity index is 1.75. The maximum atomic E-state index is 12.4. The Hall–Kier alpha value is -2.13. The first-order valence-electron chi connectivity index (χ1n) is 10.4. The summed E-state index contributed by atoms with van der Waals surface area (Å²) in [6.07, 6.45) is 10.5. The minimum absolute atomic E-state index is 0.219. The molecule has 144 valence electrons. The molecule has 0 spiro atoms. The zero-order chi connectivity index (χ0) is 19.1. The molecule has 1 aliphatic carbocycles. The van der Waals surface area contributed by atoms with Crippen molar-refractivity contribution in [3.8, 4) is 11.1 Å². The number of hydrazine groups is 1. The number of benzene rings is 2. The van der Waals surface area contributed by atoms with Gasteiger partial charge < -0.3 is 0 Å². The summed E-state index contributed by atoms with van der Waals surface area (Å²) in [5.41, 5.74) is 6.25. The summed E-state index contributed by atoms with van der Waals surface area (Å²) in [7, 11) is 0. The number of rotatable bonds is 7. The fourth-order valence-electron chi connectivity index (χ4n) is 4.42. The second-order valence-corrected chi connectivity index (χ2v) is 7.86. The Morgan fingerprint density at radius 2 is 1.78 bits per heavy atom. The molecule has 0 heterocycles. The molecule has 0 atom stereocenters. The van der Waals surface area contributed by atoms with Crippen LogP contribution in [0.4, 0.5) is 0 Å². The van der Waals surface area contributed by atoms with E-state index in [-0.39, 0.29) is 5.91 Å². The van der Waals surface area contributed by atoms with E-state index in [9.17, 15) is 4.79 Å². The van der Waals surface area contributed by atoms with Crippen molar-refractivity contribution >= 4 is 5.91 Å². The molecule has 1 aliphatic rings. The number of carbonyl (C=O) groups is 1. The van der Waals surface area contributed by atoms with E-state index < -0.39 is 0 Å². The molecule has 27 heavy (non-hydrogen) atoms. The van der Waals surface area contributed by atoms with Crippen LogP contribution in [0, 0.1) is 5.92 Å². The summed E-state index contributed by atoms with van der Waals surface area (Å²) in [6, 6.07) is 16.4. The first kappa shape index (κ1) is 19.6. The number of carbonyl (C=O) groups excluding carboxylic acids is 1. The van der Waals surface area contributed by atoms with Crippen LogP contribution in [0.3, 0.4) is 0 Å². The number of unbranched alkanes of at least 4 members (excludes halogenated alkanes) is 2. The number of hydrogen-bond acceptors (Lipinski definition) is 2. The van der Waals surface area contributed by atoms with E-state index in [0.29, 0.717) is 11.5 Å². The van der Waals surface area contributed by atoms with Gasteiger partial charge in [-0.25, -0.2) is 5.84 Å². The molecule has 2 aromatic carbocycles. The SMILES string of the molecule is CCCCCC1CCC(c2ccc(-c3ccccc3)c(C(=O)NN)c2)CC1. The van der Waals surface area contributed by atoms with Crippen molar-refractivity contribution in [2.75, 3.05) is 0 Å². The van der Waals surface area contributed by atoms with Gasteiger partial charge in [-0.05, 0) is 60.3 Å². The van der Waals surface area contributed by atoms with Crippen molar-refractivity contribution in [2.24, 2.45) is 11.8 Å². The summed E-state index contributed by atoms with van der Waals surface area (Å²) >= 11 is 0. The van der Waals surface area contributed by atoms with Gasteiger partial charge in [0.1, 0.15) is 0 Å². The Morgan fingerprint density at radius 3 is 2.44 bits per heavy atom. The number of amides is 1. The molecule has 0 aliphatic heterocycles. The minimum Gasteiger partial charge on any atom is -0.290 e. The highest BCUT2D eigenvalue weighted by Gasteiger charge is 2.23. The average molecular weight is 365 g/mol. The van der Waals surface area contributed by atoms with Gasteiger partial charge in [-0.2, -0.15) is 0 Å². The van der Waals surface area contributed by atoms with Gasteiger partial charge >= 0.3 is 0 Å². The number of nitrogen functional groups attached to an aromatic ring is 1. The zero-order valence-corrected chi connectivity index (χ0v) is 16.4. The van der Waals surface area contributed by atoms with Gasteiger partial charge in [0.2, 0.25) is 0 Å². The van der Waals surface area contributed by atoms with Crippen molar-refractivity contribution in [3.05, 3.63) is 59.7 Å². The first-order chi connectivity index (χ1) is 13.2. The fourth-order valence-corrected chi connectivity index (χ4v) is 4.42. The van der Waals surface area contributed by atoms with E-state index in [1.807, 2.05) is 30.3 Å². The topological polar surface area (TPSA) is 55.1 Å². The molecule has 2 aromatic rings. The quantitative estimate of drug-likeness (QED) is 0.282. The average Bonchev–Trinajstić information content (AvgIpc) is 2.74. The van der Waals surface area contributed by atoms with Crippen LogP contribution >= 0.6 is 0 Å². The fraction of sp³-hybridized carbons (Fsp3) is 0.458. The number of hydrogen-bond donors (Lipinski definition) is 2. The smallest absolute Gasteiger partial charge is 0.265 e. The van der Waals surface area contributed by atoms with E-state index in [0.717, 1.165) is 17.0 Å². The molecule has 3 rings (SSSR count). The van der Waals surface area contributed by atoms with Crippen molar-refractivity contribution in [1.29, 1.82) is 0 Å². The molecule has 3 nitrogen and oxygen atoms in total. The molecule has 1 amide bonds. The van der Waals surface area contributed by atoms with Gasteiger partial charge in [0.25, 0.3) is 5.91 Å². The van der Waals surface area contributed by atoms with Crippen LogP contribution in [0.5, 0.6) is 0 Å². The van der Waals surface area contributed by atoms with Crippen molar-refractivity contribution in [3.63, 3.8) is 0 Å². The van der Waals surface area contributed by atoms with Crippen molar-refractivity contribution in [1.82, 2.24) is 5.43 Å². The Morgan fingerprint density at radius 1 is 1.04 bits per heavy atom. The minimum atomic E-state index is -0.219. The predicted molar refractivity (Wildman–Crippen MR) is 112 cm³/mol. The molecule has 0 bridgehead atoms. The lowest BCUT2D eigenvalue weighted by molar-refractivity contribution is 0.0954. The summed E-state index contributed by atoms with van der Waals surface area (Å²) < 4.78 is 0. The normalized spacial score (nSPS) is 19.6. The third-order valence-electron chi connectivity index (χ3n) is 6.04. The maximum Gasteiger partial charge on any atom is 0.265 e. The van der Waals surface area contributed by atoms with E-state index >= 15 is 0 Å².